The van der Waals surface area contributed by atoms with Gasteiger partial charge in [0.25, 0.3) is 5.19 Å². The largest absolute Gasteiger partial charge is 0.470 e. The second-order valence-electron chi connectivity index (χ2n) is 9.50. The number of rotatable bonds is 9. The summed E-state index contributed by atoms with van der Waals surface area (Å²) in [7, 11) is 0. The standard InChI is InChI=1S/C24H33F3N4O2S2/c1-16-28-15-19(34-16)14-22(32)29-18-4-2-17(3-5-18)6-10-31-11-7-20-21(8-12-31)35-23(30-20)33-13-9-24(25,26)27/h15,17-18H,2-14H2,1H3,(H,29,32)/t17-,18-. The number of hydrogen-bond acceptors (Lipinski definition) is 7. The van der Waals surface area contributed by atoms with E-state index in [-0.39, 0.29) is 18.6 Å². The highest BCUT2D eigenvalue weighted by atomic mass is 32.1. The average Bonchev–Trinajstić information content (AvgIpc) is 3.33. The van der Waals surface area contributed by atoms with Gasteiger partial charge in [0.1, 0.15) is 0 Å². The first kappa shape index (κ1) is 26.3. The van der Waals surface area contributed by atoms with Gasteiger partial charge in [-0.3, -0.25) is 4.79 Å². The van der Waals surface area contributed by atoms with Gasteiger partial charge in [0.2, 0.25) is 5.91 Å². The second kappa shape index (κ2) is 12.0. The van der Waals surface area contributed by atoms with Crippen molar-refractivity contribution in [3.8, 4) is 5.19 Å². The van der Waals surface area contributed by atoms with E-state index in [0.29, 0.717) is 17.5 Å². The van der Waals surface area contributed by atoms with Crippen molar-refractivity contribution in [2.24, 2.45) is 5.92 Å². The number of thiazole rings is 2. The summed E-state index contributed by atoms with van der Waals surface area (Å²) in [5.41, 5.74) is 0.976. The van der Waals surface area contributed by atoms with E-state index in [4.69, 9.17) is 4.74 Å². The summed E-state index contributed by atoms with van der Waals surface area (Å²) in [6.07, 6.45) is 4.26. The van der Waals surface area contributed by atoms with Gasteiger partial charge in [0.05, 0.1) is 30.2 Å². The van der Waals surface area contributed by atoms with Crippen LogP contribution in [0.2, 0.25) is 0 Å². The van der Waals surface area contributed by atoms with Crippen LogP contribution in [0.1, 0.15) is 59.0 Å². The molecule has 2 aromatic rings. The third kappa shape index (κ3) is 8.42. The van der Waals surface area contributed by atoms with Crippen molar-refractivity contribution in [3.63, 3.8) is 0 Å². The lowest BCUT2D eigenvalue weighted by molar-refractivity contribution is -0.139. The molecule has 1 saturated carbocycles. The number of aryl methyl sites for hydroxylation is 1. The molecule has 0 unspecified atom stereocenters. The number of aromatic nitrogens is 2. The summed E-state index contributed by atoms with van der Waals surface area (Å²) in [6, 6.07) is 0.278. The smallest absolute Gasteiger partial charge is 0.392 e. The van der Waals surface area contributed by atoms with Gasteiger partial charge in [0, 0.05) is 41.5 Å². The Kier molecular flexibility index (Phi) is 9.04. The lowest BCUT2D eigenvalue weighted by Crippen LogP contribution is -2.38. The van der Waals surface area contributed by atoms with Gasteiger partial charge in [-0.2, -0.15) is 13.2 Å². The molecule has 4 rings (SSSR count). The van der Waals surface area contributed by atoms with Crippen molar-refractivity contribution in [2.45, 2.75) is 76.9 Å². The molecular formula is C24H33F3N4O2S2. The molecule has 1 amide bonds. The van der Waals surface area contributed by atoms with Gasteiger partial charge in [0.15, 0.2) is 0 Å². The molecule has 0 saturated heterocycles. The highest BCUT2D eigenvalue weighted by Gasteiger charge is 2.28. The molecule has 11 heteroatoms. The van der Waals surface area contributed by atoms with Crippen LogP contribution in [0, 0.1) is 12.8 Å². The summed E-state index contributed by atoms with van der Waals surface area (Å²) in [4.78, 5) is 25.6. The van der Waals surface area contributed by atoms with Crippen LogP contribution in [0.25, 0.3) is 0 Å². The van der Waals surface area contributed by atoms with E-state index in [1.54, 1.807) is 17.5 Å². The number of carbonyl (C=O) groups excluding carboxylic acids is 1. The number of nitrogens with one attached hydrogen (secondary N) is 1. The lowest BCUT2D eigenvalue weighted by Gasteiger charge is -2.30. The zero-order valence-corrected chi connectivity index (χ0v) is 21.7. The Morgan fingerprint density at radius 3 is 2.69 bits per heavy atom. The van der Waals surface area contributed by atoms with Gasteiger partial charge in [-0.1, -0.05) is 11.3 Å². The highest BCUT2D eigenvalue weighted by Crippen LogP contribution is 2.31. The van der Waals surface area contributed by atoms with Crippen molar-refractivity contribution in [3.05, 3.63) is 26.7 Å². The lowest BCUT2D eigenvalue weighted by atomic mass is 9.84. The number of halogens is 3. The summed E-state index contributed by atoms with van der Waals surface area (Å²) in [5, 5.41) is 4.55. The zero-order chi connectivity index (χ0) is 24.8. The maximum absolute atomic E-state index is 12.3. The molecule has 35 heavy (non-hydrogen) atoms. The number of fused-ring (bicyclic) bond motifs is 1. The number of carbonyl (C=O) groups is 1. The molecule has 1 aliphatic carbocycles. The van der Waals surface area contributed by atoms with Crippen LogP contribution >= 0.6 is 22.7 Å². The minimum absolute atomic E-state index is 0.0941. The number of ether oxygens (including phenoxy) is 1. The van der Waals surface area contributed by atoms with E-state index in [1.807, 2.05) is 6.92 Å². The number of nitrogens with zero attached hydrogens (tertiary/aromatic N) is 3. The molecule has 1 aliphatic heterocycles. The van der Waals surface area contributed by atoms with Crippen molar-refractivity contribution in [1.82, 2.24) is 20.2 Å². The third-order valence-corrected chi connectivity index (χ3v) is 8.74. The molecule has 0 spiro atoms. The fraction of sp³-hybridized carbons (Fsp3) is 0.708. The third-order valence-electron chi connectivity index (χ3n) is 6.76. The predicted octanol–water partition coefficient (Wildman–Crippen LogP) is 4.95. The Hall–Kier alpha value is -1.72. The van der Waals surface area contributed by atoms with E-state index in [0.717, 1.165) is 85.0 Å². The van der Waals surface area contributed by atoms with E-state index in [9.17, 15) is 18.0 Å². The number of hydrogen-bond donors (Lipinski definition) is 1. The summed E-state index contributed by atoms with van der Waals surface area (Å²) < 4.78 is 42.2. The van der Waals surface area contributed by atoms with E-state index in [1.165, 1.54) is 11.3 Å². The molecule has 0 radical (unpaired) electrons. The minimum Gasteiger partial charge on any atom is -0.470 e. The minimum atomic E-state index is -4.20. The van der Waals surface area contributed by atoms with Crippen molar-refractivity contribution >= 4 is 28.6 Å². The molecule has 1 fully saturated rings. The molecule has 0 bridgehead atoms. The summed E-state index contributed by atoms with van der Waals surface area (Å²) in [5.74, 6) is 0.785. The SMILES string of the molecule is Cc1ncc(CC(=O)N[C@H]2CC[C@H](CCN3CCc4nc(OCCC(F)(F)F)sc4CC3)CC2)s1. The van der Waals surface area contributed by atoms with Gasteiger partial charge < -0.3 is 15.0 Å². The predicted molar refractivity (Wildman–Crippen MR) is 131 cm³/mol. The Labute approximate surface area is 212 Å². The normalized spacial score (nSPS) is 21.4. The molecule has 2 aromatic heterocycles. The van der Waals surface area contributed by atoms with E-state index in [2.05, 4.69) is 20.2 Å². The Morgan fingerprint density at radius 2 is 1.97 bits per heavy atom. The Balaban J connectivity index is 1.12. The van der Waals surface area contributed by atoms with Gasteiger partial charge >= 0.3 is 6.18 Å². The molecule has 0 atom stereocenters. The maximum Gasteiger partial charge on any atom is 0.392 e. The monoisotopic (exact) mass is 530 g/mol. The zero-order valence-electron chi connectivity index (χ0n) is 20.0. The fourth-order valence-electron chi connectivity index (χ4n) is 4.81. The van der Waals surface area contributed by atoms with Gasteiger partial charge in [-0.15, -0.1) is 11.3 Å². The van der Waals surface area contributed by atoms with Crippen LogP contribution in [0.5, 0.6) is 5.19 Å². The van der Waals surface area contributed by atoms with Crippen molar-refractivity contribution in [2.75, 3.05) is 26.2 Å². The van der Waals surface area contributed by atoms with Crippen molar-refractivity contribution in [1.29, 1.82) is 0 Å². The molecule has 6 nitrogen and oxygen atoms in total. The summed E-state index contributed by atoms with van der Waals surface area (Å²) >= 11 is 2.97. The fourth-order valence-corrected chi connectivity index (χ4v) is 6.57. The number of alkyl halides is 3. The van der Waals surface area contributed by atoms with Crippen LogP contribution in [0.4, 0.5) is 13.2 Å². The van der Waals surface area contributed by atoms with Crippen LogP contribution in [-0.2, 0) is 24.1 Å². The molecule has 0 aromatic carbocycles. The maximum atomic E-state index is 12.3. The molecule has 1 N–H and O–H groups in total. The highest BCUT2D eigenvalue weighted by molar-refractivity contribution is 7.13. The first-order valence-electron chi connectivity index (χ1n) is 12.3. The van der Waals surface area contributed by atoms with Crippen LogP contribution in [0.3, 0.4) is 0 Å². The van der Waals surface area contributed by atoms with Crippen molar-refractivity contribution < 1.29 is 22.7 Å². The van der Waals surface area contributed by atoms with E-state index < -0.39 is 12.6 Å². The quantitative estimate of drug-likeness (QED) is 0.497. The number of amides is 1. The van der Waals surface area contributed by atoms with Crippen LogP contribution in [-0.4, -0.2) is 59.2 Å². The molecule has 2 aliphatic rings. The molecule has 194 valence electrons. The topological polar surface area (TPSA) is 67.4 Å². The Morgan fingerprint density at radius 1 is 1.20 bits per heavy atom. The van der Waals surface area contributed by atoms with Crippen LogP contribution < -0.4 is 10.1 Å². The Bertz CT molecular complexity index is 945. The van der Waals surface area contributed by atoms with Gasteiger partial charge in [-0.25, -0.2) is 9.97 Å². The summed E-state index contributed by atoms with van der Waals surface area (Å²) in [6.45, 7) is 4.49. The first-order chi connectivity index (χ1) is 16.7. The molecule has 3 heterocycles. The van der Waals surface area contributed by atoms with Crippen LogP contribution in [0.15, 0.2) is 6.20 Å². The average molecular weight is 531 g/mol. The second-order valence-corrected chi connectivity index (χ2v) is 11.9. The van der Waals surface area contributed by atoms with Gasteiger partial charge in [-0.05, 0) is 57.9 Å². The van der Waals surface area contributed by atoms with E-state index >= 15 is 0 Å². The molecular weight excluding hydrogens is 497 g/mol. The first-order valence-corrected chi connectivity index (χ1v) is 14.0.